The molecule has 6 aromatic rings. The summed E-state index contributed by atoms with van der Waals surface area (Å²) < 4.78 is 80.9. The molecule has 0 N–H and O–H groups in total. The molecule has 3 aromatic carbocycles. The maximum absolute atomic E-state index is 13.2. The monoisotopic (exact) mass is 670 g/mol. The molecular weight excluding hydrogens is 653 g/mol. The van der Waals surface area contributed by atoms with E-state index in [0.29, 0.717) is 36.3 Å². The number of aromatic nitrogens is 2. The van der Waals surface area contributed by atoms with Gasteiger partial charge in [0.05, 0.1) is 23.1 Å². The van der Waals surface area contributed by atoms with Crippen LogP contribution in [-0.2, 0) is 11.4 Å². The van der Waals surface area contributed by atoms with Crippen molar-refractivity contribution in [3.05, 3.63) is 72.8 Å². The van der Waals surface area contributed by atoms with Gasteiger partial charge >= 0.3 is 12.2 Å². The Balaban J connectivity index is 1.24. The molecule has 0 atom stereocenters. The predicted octanol–water partition coefficient (Wildman–Crippen LogP) is 11.2. The molecule has 6 nitrogen and oxygen atoms in total. The summed E-state index contributed by atoms with van der Waals surface area (Å²) in [5, 5.41) is 0. The first-order valence-corrected chi connectivity index (χ1v) is 16.1. The topological polar surface area (TPSA) is 69.0 Å². The zero-order valence-corrected chi connectivity index (χ0v) is 25.9. The predicted molar refractivity (Wildman–Crippen MR) is 169 cm³/mol. The molecule has 0 fully saturated rings. The number of benzene rings is 3. The molecule has 0 radical (unpaired) electrons. The van der Waals surface area contributed by atoms with E-state index in [4.69, 9.17) is 0 Å². The molecule has 0 saturated heterocycles. The van der Waals surface area contributed by atoms with Crippen molar-refractivity contribution in [2.45, 2.75) is 26.1 Å². The number of thiophene rings is 2. The van der Waals surface area contributed by atoms with Crippen LogP contribution >= 0.6 is 34.4 Å². The van der Waals surface area contributed by atoms with Gasteiger partial charge in [0.1, 0.15) is 33.9 Å². The second-order valence-corrected chi connectivity index (χ2v) is 13.1. The fourth-order valence-electron chi connectivity index (χ4n) is 4.77. The second-order valence-electron chi connectivity index (χ2n) is 9.87. The van der Waals surface area contributed by atoms with Crippen LogP contribution in [0.25, 0.3) is 52.8 Å². The maximum atomic E-state index is 13.2. The van der Waals surface area contributed by atoms with Crippen LogP contribution < -0.4 is 9.47 Å². The van der Waals surface area contributed by atoms with Crippen LogP contribution in [0.15, 0.2) is 81.5 Å². The van der Waals surface area contributed by atoms with Gasteiger partial charge in [0.25, 0.3) is 0 Å². The Hall–Kier alpha value is -3.98. The average Bonchev–Trinajstić information content (AvgIpc) is 3.78. The van der Waals surface area contributed by atoms with E-state index in [9.17, 15) is 17.6 Å². The van der Waals surface area contributed by atoms with Crippen LogP contribution in [0.2, 0.25) is 0 Å². The van der Waals surface area contributed by atoms with E-state index in [0.717, 1.165) is 64.8 Å². The molecule has 0 saturated carbocycles. The zero-order valence-electron chi connectivity index (χ0n) is 22.7. The molecule has 0 spiro atoms. The molecule has 0 unspecified atom stereocenters. The number of hydrogen-bond donors (Lipinski definition) is 0. The summed E-state index contributed by atoms with van der Waals surface area (Å²) in [6.07, 6.45) is -6.52. The quantitative estimate of drug-likeness (QED) is 0.151. The summed E-state index contributed by atoms with van der Waals surface area (Å²) in [6.45, 7) is 1.40. The Morgan fingerprint density at radius 2 is 0.932 bits per heavy atom. The lowest BCUT2D eigenvalue weighted by atomic mass is 10.0. The first-order valence-electron chi connectivity index (χ1n) is 13.0. The van der Waals surface area contributed by atoms with Gasteiger partial charge in [-0.2, -0.15) is 35.0 Å². The summed E-state index contributed by atoms with van der Waals surface area (Å²) in [6, 6.07) is 21.0. The van der Waals surface area contributed by atoms with Crippen molar-refractivity contribution in [3.8, 4) is 53.3 Å². The Bertz CT molecular complexity index is 1940. The third kappa shape index (κ3) is 5.65. The minimum atomic E-state index is -3.26. The van der Waals surface area contributed by atoms with Crippen molar-refractivity contribution in [1.29, 1.82) is 0 Å². The second kappa shape index (κ2) is 10.9. The third-order valence-electron chi connectivity index (χ3n) is 6.50. The van der Waals surface area contributed by atoms with Crippen LogP contribution in [0.1, 0.15) is 13.8 Å². The molecule has 4 heterocycles. The van der Waals surface area contributed by atoms with Gasteiger partial charge in [-0.05, 0) is 83.9 Å². The largest absolute Gasteiger partial charge is 0.433 e. The highest BCUT2D eigenvalue weighted by Crippen LogP contribution is 2.54. The number of ether oxygens (including phenoxy) is 2. The van der Waals surface area contributed by atoms with Gasteiger partial charge in [-0.1, -0.05) is 0 Å². The lowest BCUT2D eigenvalue weighted by molar-refractivity contribution is -0.159. The summed E-state index contributed by atoms with van der Waals surface area (Å²) in [4.78, 5) is 3.73. The first-order chi connectivity index (χ1) is 21.0. The van der Waals surface area contributed by atoms with Gasteiger partial charge in [0, 0.05) is 44.5 Å². The Kier molecular flexibility index (Phi) is 7.11. The van der Waals surface area contributed by atoms with E-state index in [2.05, 4.69) is 26.9 Å². The maximum Gasteiger partial charge on any atom is 0.394 e. The molecule has 7 rings (SSSR count). The number of nitrogens with zero attached hydrogens (tertiary/aromatic N) is 4. The van der Waals surface area contributed by atoms with E-state index >= 15 is 0 Å². The zero-order chi connectivity index (χ0) is 30.6. The van der Waals surface area contributed by atoms with E-state index in [1.165, 1.54) is 46.9 Å². The van der Waals surface area contributed by atoms with Gasteiger partial charge in [-0.3, -0.25) is 0 Å². The van der Waals surface area contributed by atoms with Crippen molar-refractivity contribution >= 4 is 68.2 Å². The standard InChI is InChI=1S/C30H18F4N4O2S4/c1-29(31,32)39-17-7-3-15(4-8-17)19-11-13-21(41-19)23-25-27(37-43-35-25)24(28-26(23)36-44-38-28)22-14-12-20(42-22)16-5-9-18(10-6-16)40-30(2,33)34/h3-14H,1-2H3. The molecule has 0 aliphatic carbocycles. The van der Waals surface area contributed by atoms with Gasteiger partial charge in [-0.25, -0.2) is 0 Å². The highest BCUT2D eigenvalue weighted by atomic mass is 32.1. The third-order valence-corrected chi connectivity index (χ3v) is 9.86. The fraction of sp³-hybridized carbons (Fsp3) is 0.133. The number of hydrogen-bond acceptors (Lipinski definition) is 9. The van der Waals surface area contributed by atoms with E-state index in [1.807, 2.05) is 24.3 Å². The van der Waals surface area contributed by atoms with E-state index in [1.54, 1.807) is 24.3 Å². The van der Waals surface area contributed by atoms with Crippen LogP contribution in [0.4, 0.5) is 28.9 Å². The highest BCUT2D eigenvalue weighted by molar-refractivity contribution is 7.58. The van der Waals surface area contributed by atoms with Crippen LogP contribution in [0.3, 0.4) is 0 Å². The van der Waals surface area contributed by atoms with E-state index in [-0.39, 0.29) is 11.5 Å². The van der Waals surface area contributed by atoms with Crippen LogP contribution in [-0.4, -0.2) is 21.0 Å². The molecule has 1 aliphatic heterocycles. The average molecular weight is 671 g/mol. The molecule has 14 heteroatoms. The molecule has 0 bridgehead atoms. The summed E-state index contributed by atoms with van der Waals surface area (Å²) >= 11 is 5.28. The molecule has 3 aromatic heterocycles. The normalized spacial score (nSPS) is 12.9. The lowest BCUT2D eigenvalue weighted by Crippen LogP contribution is -2.18. The minimum absolute atomic E-state index is 0.0862. The van der Waals surface area contributed by atoms with Crippen molar-refractivity contribution in [2.24, 2.45) is 8.73 Å². The van der Waals surface area contributed by atoms with Gasteiger partial charge in [0.2, 0.25) is 0 Å². The van der Waals surface area contributed by atoms with Gasteiger partial charge < -0.3 is 9.47 Å². The Morgan fingerprint density at radius 3 is 1.32 bits per heavy atom. The summed E-state index contributed by atoms with van der Waals surface area (Å²) in [5.41, 5.74) is 6.24. The first kappa shape index (κ1) is 28.8. The van der Waals surface area contributed by atoms with Crippen molar-refractivity contribution < 1.29 is 27.0 Å². The van der Waals surface area contributed by atoms with Crippen molar-refractivity contribution in [2.75, 3.05) is 0 Å². The smallest absolute Gasteiger partial charge is 0.394 e. The fourth-order valence-corrected chi connectivity index (χ4v) is 8.00. The molecule has 44 heavy (non-hydrogen) atoms. The molecule has 0 amide bonds. The van der Waals surface area contributed by atoms with Gasteiger partial charge in [-0.15, -0.1) is 22.7 Å². The SMILES string of the molecule is CC(F)(F)Oc1ccc(-c2ccc(-c3c4c(c(-c5ccc(-c6ccc(OC(C)(F)F)cc6)s5)c5nsnc35)N=S=N4)s2)cc1. The molecule has 1 aliphatic rings. The van der Waals surface area contributed by atoms with E-state index < -0.39 is 12.2 Å². The van der Waals surface area contributed by atoms with Crippen LogP contribution in [0, 0.1) is 0 Å². The summed E-state index contributed by atoms with van der Waals surface area (Å²) in [7, 11) is 0. The number of fused-ring (bicyclic) bond motifs is 2. The number of rotatable bonds is 8. The number of alkyl halides is 4. The molecular formula is C30H18F4N4O2S4. The lowest BCUT2D eigenvalue weighted by Gasteiger charge is -2.13. The highest BCUT2D eigenvalue weighted by Gasteiger charge is 2.28. The van der Waals surface area contributed by atoms with Crippen molar-refractivity contribution in [1.82, 2.24) is 8.75 Å². The Morgan fingerprint density at radius 1 is 0.545 bits per heavy atom. The molecule has 222 valence electrons. The Labute approximate surface area is 263 Å². The number of halogens is 4. The van der Waals surface area contributed by atoms with Gasteiger partial charge in [0.15, 0.2) is 0 Å². The summed E-state index contributed by atoms with van der Waals surface area (Å²) in [5.74, 6) is 0.172. The van der Waals surface area contributed by atoms with Crippen LogP contribution in [0.5, 0.6) is 11.5 Å². The minimum Gasteiger partial charge on any atom is -0.433 e. The van der Waals surface area contributed by atoms with Crippen molar-refractivity contribution in [3.63, 3.8) is 0 Å².